The monoisotopic (exact) mass is 185 g/mol. The summed E-state index contributed by atoms with van der Waals surface area (Å²) in [6, 6.07) is 0.468. The maximum absolute atomic E-state index is 11.2. The molecule has 1 fully saturated rings. The molecule has 1 rings (SSSR count). The van der Waals surface area contributed by atoms with E-state index in [1.54, 1.807) is 0 Å². The molecule has 0 radical (unpaired) electrons. The van der Waals surface area contributed by atoms with Crippen molar-refractivity contribution in [1.29, 1.82) is 0 Å². The molecule has 1 atom stereocenters. The van der Waals surface area contributed by atoms with E-state index in [9.17, 15) is 4.79 Å². The van der Waals surface area contributed by atoms with E-state index in [1.807, 2.05) is 18.7 Å². The average molecular weight is 185 g/mol. The Morgan fingerprint density at radius 1 is 1.46 bits per heavy atom. The Balaban J connectivity index is 0.000000671. The summed E-state index contributed by atoms with van der Waals surface area (Å²) in [6.07, 6.45) is 4.15. The van der Waals surface area contributed by atoms with E-state index in [4.69, 9.17) is 0 Å². The number of carbonyl (C=O) groups is 1. The third-order valence-corrected chi connectivity index (χ3v) is 2.35. The summed E-state index contributed by atoms with van der Waals surface area (Å²) in [4.78, 5) is 13.2. The minimum absolute atomic E-state index is 0.353. The number of nitrogens with zero attached hydrogens (tertiary/aromatic N) is 1. The quantitative estimate of drug-likeness (QED) is 0.662. The van der Waals surface area contributed by atoms with Crippen LogP contribution in [0.3, 0.4) is 0 Å². The third kappa shape index (κ3) is 3.79. The van der Waals surface area contributed by atoms with Crippen molar-refractivity contribution in [1.82, 2.24) is 4.90 Å². The van der Waals surface area contributed by atoms with E-state index in [1.165, 1.54) is 6.42 Å². The van der Waals surface area contributed by atoms with E-state index in [2.05, 4.69) is 13.8 Å². The second kappa shape index (κ2) is 6.93. The van der Waals surface area contributed by atoms with Crippen LogP contribution in [-0.2, 0) is 4.79 Å². The topological polar surface area (TPSA) is 20.3 Å². The predicted octanol–water partition coefficient (Wildman–Crippen LogP) is 2.82. The van der Waals surface area contributed by atoms with Gasteiger partial charge in [0.1, 0.15) is 0 Å². The van der Waals surface area contributed by atoms with E-state index < -0.39 is 0 Å². The number of hydrogen-bond acceptors (Lipinski definition) is 1. The van der Waals surface area contributed by atoms with Crippen LogP contribution in [0.15, 0.2) is 0 Å². The summed E-state index contributed by atoms with van der Waals surface area (Å²) in [7, 11) is 0. The van der Waals surface area contributed by atoms with Crippen molar-refractivity contribution >= 4 is 5.91 Å². The third-order valence-electron chi connectivity index (χ3n) is 2.35. The van der Waals surface area contributed by atoms with Gasteiger partial charge in [-0.05, 0) is 19.8 Å². The van der Waals surface area contributed by atoms with Crippen LogP contribution in [0.5, 0.6) is 0 Å². The molecule has 0 bridgehead atoms. The molecule has 1 heterocycles. The van der Waals surface area contributed by atoms with Gasteiger partial charge in [-0.2, -0.15) is 0 Å². The summed E-state index contributed by atoms with van der Waals surface area (Å²) in [5.41, 5.74) is 0. The van der Waals surface area contributed by atoms with Gasteiger partial charge >= 0.3 is 0 Å². The van der Waals surface area contributed by atoms with Gasteiger partial charge in [0.15, 0.2) is 0 Å². The van der Waals surface area contributed by atoms with Crippen molar-refractivity contribution in [3.05, 3.63) is 0 Å². The minimum atomic E-state index is 0.353. The number of rotatable bonds is 3. The second-order valence-electron chi connectivity index (χ2n) is 3.33. The molecule has 2 nitrogen and oxygen atoms in total. The molecule has 78 valence electrons. The summed E-state index contributed by atoms with van der Waals surface area (Å²) in [5.74, 6) is 0.353. The van der Waals surface area contributed by atoms with Crippen LogP contribution in [-0.4, -0.2) is 23.4 Å². The lowest BCUT2D eigenvalue weighted by atomic mass is 10.2. The molecule has 1 amide bonds. The van der Waals surface area contributed by atoms with E-state index in [0.717, 1.165) is 25.8 Å². The van der Waals surface area contributed by atoms with Gasteiger partial charge in [0.25, 0.3) is 0 Å². The standard InChI is InChI=1S/C9H17NO.C2H6/c1-3-5-8(2)10-7-4-6-9(10)11;1-2/h8H,3-7H2,1-2H3;1-2H3. The first-order valence-electron chi connectivity index (χ1n) is 5.55. The maximum Gasteiger partial charge on any atom is 0.222 e. The molecule has 0 aliphatic carbocycles. The maximum atomic E-state index is 11.2. The van der Waals surface area contributed by atoms with Crippen molar-refractivity contribution in [2.24, 2.45) is 0 Å². The molecule has 1 aliphatic rings. The Hall–Kier alpha value is -0.530. The lowest BCUT2D eigenvalue weighted by Crippen LogP contribution is -2.33. The first kappa shape index (κ1) is 12.5. The van der Waals surface area contributed by atoms with E-state index in [-0.39, 0.29) is 0 Å². The average Bonchev–Trinajstić information content (AvgIpc) is 2.55. The van der Waals surface area contributed by atoms with Gasteiger partial charge in [-0.15, -0.1) is 0 Å². The van der Waals surface area contributed by atoms with Crippen molar-refractivity contribution < 1.29 is 4.79 Å². The molecule has 0 spiro atoms. The van der Waals surface area contributed by atoms with Gasteiger partial charge in [-0.3, -0.25) is 4.79 Å². The zero-order valence-electron chi connectivity index (χ0n) is 9.47. The van der Waals surface area contributed by atoms with Crippen molar-refractivity contribution in [2.75, 3.05) is 6.54 Å². The van der Waals surface area contributed by atoms with Crippen molar-refractivity contribution in [2.45, 2.75) is 59.4 Å². The Morgan fingerprint density at radius 3 is 2.46 bits per heavy atom. The molecule has 0 aromatic rings. The molecule has 13 heavy (non-hydrogen) atoms. The van der Waals surface area contributed by atoms with Gasteiger partial charge in [0.2, 0.25) is 5.91 Å². The normalized spacial score (nSPS) is 18.2. The molecule has 0 N–H and O–H groups in total. The van der Waals surface area contributed by atoms with Gasteiger partial charge in [-0.1, -0.05) is 27.2 Å². The minimum Gasteiger partial charge on any atom is -0.340 e. The highest BCUT2D eigenvalue weighted by molar-refractivity contribution is 5.78. The number of hydrogen-bond donors (Lipinski definition) is 0. The summed E-state index contributed by atoms with van der Waals surface area (Å²) >= 11 is 0. The molecule has 2 heteroatoms. The van der Waals surface area contributed by atoms with Crippen molar-refractivity contribution in [3.8, 4) is 0 Å². The highest BCUT2D eigenvalue weighted by atomic mass is 16.2. The van der Waals surface area contributed by atoms with Crippen LogP contribution < -0.4 is 0 Å². The van der Waals surface area contributed by atoms with Gasteiger partial charge in [0.05, 0.1) is 0 Å². The van der Waals surface area contributed by atoms with Crippen LogP contribution in [0, 0.1) is 0 Å². The van der Waals surface area contributed by atoms with Crippen molar-refractivity contribution in [3.63, 3.8) is 0 Å². The van der Waals surface area contributed by atoms with E-state index >= 15 is 0 Å². The number of amides is 1. The highest BCUT2D eigenvalue weighted by Gasteiger charge is 2.23. The van der Waals surface area contributed by atoms with Crippen LogP contribution in [0.1, 0.15) is 53.4 Å². The lowest BCUT2D eigenvalue weighted by molar-refractivity contribution is -0.129. The van der Waals surface area contributed by atoms with Gasteiger partial charge in [0, 0.05) is 19.0 Å². The summed E-state index contributed by atoms with van der Waals surface area (Å²) in [5, 5.41) is 0. The largest absolute Gasteiger partial charge is 0.340 e. The zero-order chi connectivity index (χ0) is 10.3. The van der Waals surface area contributed by atoms with Crippen LogP contribution in [0.25, 0.3) is 0 Å². The lowest BCUT2D eigenvalue weighted by Gasteiger charge is -2.23. The fourth-order valence-corrected chi connectivity index (χ4v) is 1.71. The smallest absolute Gasteiger partial charge is 0.222 e. The first-order valence-corrected chi connectivity index (χ1v) is 5.55. The Kier molecular flexibility index (Phi) is 6.65. The summed E-state index contributed by atoms with van der Waals surface area (Å²) < 4.78 is 0. The molecule has 1 unspecified atom stereocenters. The zero-order valence-corrected chi connectivity index (χ0v) is 9.47. The number of likely N-dealkylation sites (tertiary alicyclic amines) is 1. The molecule has 0 aromatic carbocycles. The first-order chi connectivity index (χ1) is 6.25. The SMILES string of the molecule is CC.CCCC(C)N1CCCC1=O. The predicted molar refractivity (Wildman–Crippen MR) is 56.7 cm³/mol. The molecule has 0 saturated carbocycles. The fraction of sp³-hybridized carbons (Fsp3) is 0.909. The summed E-state index contributed by atoms with van der Waals surface area (Å²) in [6.45, 7) is 9.30. The fourth-order valence-electron chi connectivity index (χ4n) is 1.71. The van der Waals surface area contributed by atoms with Crippen LogP contribution in [0.4, 0.5) is 0 Å². The Labute approximate surface area is 82.3 Å². The van der Waals surface area contributed by atoms with E-state index in [0.29, 0.717) is 11.9 Å². The molecule has 0 aromatic heterocycles. The molecule has 1 aliphatic heterocycles. The molecular formula is C11H23NO. The second-order valence-corrected chi connectivity index (χ2v) is 3.33. The number of carbonyl (C=O) groups excluding carboxylic acids is 1. The highest BCUT2D eigenvalue weighted by Crippen LogP contribution is 2.15. The van der Waals surface area contributed by atoms with Crippen LogP contribution in [0.2, 0.25) is 0 Å². The van der Waals surface area contributed by atoms with Crippen LogP contribution >= 0.6 is 0 Å². The van der Waals surface area contributed by atoms with Gasteiger partial charge in [-0.25, -0.2) is 0 Å². The molecular weight excluding hydrogens is 162 g/mol. The Bertz CT molecular complexity index is 145. The Morgan fingerprint density at radius 2 is 2.08 bits per heavy atom. The van der Waals surface area contributed by atoms with Gasteiger partial charge < -0.3 is 4.90 Å². The molecule has 1 saturated heterocycles.